The van der Waals surface area contributed by atoms with Gasteiger partial charge in [-0.05, 0) is 45.2 Å². The van der Waals surface area contributed by atoms with Crippen LogP contribution in [0.1, 0.15) is 38.5 Å². The highest BCUT2D eigenvalue weighted by atomic mass is 32.1. The minimum absolute atomic E-state index is 0.353. The summed E-state index contributed by atoms with van der Waals surface area (Å²) in [5, 5.41) is 0. The summed E-state index contributed by atoms with van der Waals surface area (Å²) in [7, 11) is 2.15. The van der Waals surface area contributed by atoms with Gasteiger partial charge in [-0.3, -0.25) is 9.69 Å². The van der Waals surface area contributed by atoms with Gasteiger partial charge >= 0.3 is 0 Å². The zero-order valence-corrected chi connectivity index (χ0v) is 13.4. The van der Waals surface area contributed by atoms with E-state index in [2.05, 4.69) is 23.8 Å². The van der Waals surface area contributed by atoms with E-state index < -0.39 is 0 Å². The molecular weight excluding hydrogens is 268 g/mol. The van der Waals surface area contributed by atoms with Crippen molar-refractivity contribution in [2.45, 2.75) is 32.6 Å². The van der Waals surface area contributed by atoms with Gasteiger partial charge in [0.15, 0.2) is 5.78 Å². The average molecular weight is 292 g/mol. The second-order valence-corrected chi connectivity index (χ2v) is 7.45. The Morgan fingerprint density at radius 3 is 2.60 bits per heavy atom. The third-order valence-electron chi connectivity index (χ3n) is 4.59. The highest BCUT2D eigenvalue weighted by Gasteiger charge is 2.25. The number of piperazine rings is 1. The molecule has 0 amide bonds. The number of fused-ring (bicyclic) bond motifs is 1. The molecule has 0 saturated carbocycles. The van der Waals surface area contributed by atoms with Crippen LogP contribution in [0.25, 0.3) is 0 Å². The van der Waals surface area contributed by atoms with Crippen LogP contribution in [0.5, 0.6) is 0 Å². The van der Waals surface area contributed by atoms with Crippen LogP contribution in [0.4, 0.5) is 0 Å². The van der Waals surface area contributed by atoms with Crippen molar-refractivity contribution in [3.05, 3.63) is 20.9 Å². The van der Waals surface area contributed by atoms with Gasteiger partial charge in [0, 0.05) is 41.5 Å². The molecule has 3 rings (SSSR count). The molecule has 1 aliphatic carbocycles. The molecule has 0 atom stereocenters. The summed E-state index contributed by atoms with van der Waals surface area (Å²) >= 11 is 1.86. The van der Waals surface area contributed by atoms with E-state index >= 15 is 0 Å². The fraction of sp³-hybridized carbons (Fsp3) is 0.688. The maximum Gasteiger partial charge on any atom is 0.178 e. The second-order valence-electron chi connectivity index (χ2n) is 6.14. The normalized spacial score (nSPS) is 20.9. The molecule has 20 heavy (non-hydrogen) atoms. The van der Waals surface area contributed by atoms with Gasteiger partial charge in [0.1, 0.15) is 0 Å². The molecule has 1 aromatic rings. The number of aryl methyl sites for hydroxylation is 2. The Bertz CT molecular complexity index is 501. The number of likely N-dealkylation sites (N-methyl/N-ethyl adjacent to an activating group) is 1. The zero-order valence-electron chi connectivity index (χ0n) is 12.6. The van der Waals surface area contributed by atoms with Gasteiger partial charge in [-0.25, -0.2) is 0 Å². The first-order chi connectivity index (χ1) is 9.65. The molecule has 1 aliphatic heterocycles. The summed E-state index contributed by atoms with van der Waals surface area (Å²) in [6.07, 6.45) is 4.84. The van der Waals surface area contributed by atoms with Crippen LogP contribution < -0.4 is 0 Å². The molecule has 1 saturated heterocycles. The molecule has 0 N–H and O–H groups in total. The lowest BCUT2D eigenvalue weighted by Gasteiger charge is -2.31. The van der Waals surface area contributed by atoms with Crippen LogP contribution in [0, 0.1) is 6.92 Å². The summed E-state index contributed by atoms with van der Waals surface area (Å²) in [5.74, 6) is 0.353. The molecule has 2 aliphatic rings. The molecule has 0 aromatic carbocycles. The van der Waals surface area contributed by atoms with Crippen LogP contribution in [0.3, 0.4) is 0 Å². The molecule has 110 valence electrons. The topological polar surface area (TPSA) is 23.6 Å². The number of hydrogen-bond acceptors (Lipinski definition) is 4. The van der Waals surface area contributed by atoms with Gasteiger partial charge in [0.25, 0.3) is 0 Å². The number of ketones is 1. The van der Waals surface area contributed by atoms with Crippen molar-refractivity contribution in [2.75, 3.05) is 39.8 Å². The third kappa shape index (κ3) is 2.83. The molecule has 4 heteroatoms. The maximum atomic E-state index is 12.7. The van der Waals surface area contributed by atoms with E-state index in [1.807, 2.05) is 11.3 Å². The Labute approximate surface area is 125 Å². The molecule has 1 fully saturated rings. The molecule has 0 unspecified atom stereocenters. The Balaban J connectivity index is 1.72. The first-order valence-corrected chi connectivity index (χ1v) is 8.52. The van der Waals surface area contributed by atoms with E-state index in [1.54, 1.807) is 0 Å². The lowest BCUT2D eigenvalue weighted by Crippen LogP contribution is -2.46. The molecular formula is C16H24N2OS. The molecule has 0 bridgehead atoms. The quantitative estimate of drug-likeness (QED) is 0.799. The summed E-state index contributed by atoms with van der Waals surface area (Å²) in [6, 6.07) is 0. The first kappa shape index (κ1) is 14.2. The van der Waals surface area contributed by atoms with Crippen molar-refractivity contribution < 1.29 is 4.79 Å². The number of Topliss-reactive ketones (excluding diaryl/α,β-unsaturated/α-hetero) is 1. The molecule has 1 aromatic heterocycles. The number of carbonyl (C=O) groups is 1. The number of thiophene rings is 1. The summed E-state index contributed by atoms with van der Waals surface area (Å²) in [4.78, 5) is 20.1. The van der Waals surface area contributed by atoms with E-state index in [0.717, 1.165) is 38.2 Å². The van der Waals surface area contributed by atoms with Gasteiger partial charge in [-0.15, -0.1) is 11.3 Å². The zero-order chi connectivity index (χ0) is 14.1. The summed E-state index contributed by atoms with van der Waals surface area (Å²) in [5.41, 5.74) is 2.46. The predicted octanol–water partition coefficient (Wildman–Crippen LogP) is 2.37. The highest BCUT2D eigenvalue weighted by molar-refractivity contribution is 7.12. The van der Waals surface area contributed by atoms with Crippen LogP contribution in [0.2, 0.25) is 0 Å². The van der Waals surface area contributed by atoms with Crippen LogP contribution >= 0.6 is 11.3 Å². The molecule has 0 radical (unpaired) electrons. The van der Waals surface area contributed by atoms with Gasteiger partial charge in [-0.1, -0.05) is 0 Å². The van der Waals surface area contributed by atoms with Gasteiger partial charge in [0.05, 0.1) is 6.54 Å². The molecule has 3 nitrogen and oxygen atoms in total. The van der Waals surface area contributed by atoms with Crippen molar-refractivity contribution in [3.63, 3.8) is 0 Å². The van der Waals surface area contributed by atoms with E-state index in [9.17, 15) is 4.79 Å². The highest BCUT2D eigenvalue weighted by Crippen LogP contribution is 2.34. The Kier molecular flexibility index (Phi) is 4.24. The van der Waals surface area contributed by atoms with Crippen molar-refractivity contribution in [3.8, 4) is 0 Å². The lowest BCUT2D eigenvalue weighted by atomic mass is 9.93. The average Bonchev–Trinajstić information content (AvgIpc) is 2.77. The minimum Gasteiger partial charge on any atom is -0.304 e. The standard InChI is InChI=1S/C16H24N2OS/c1-12-16(13-5-3-4-6-15(13)20-12)14(19)11-18-9-7-17(2)8-10-18/h3-11H2,1-2H3. The fourth-order valence-electron chi connectivity index (χ4n) is 3.36. The van der Waals surface area contributed by atoms with Crippen molar-refractivity contribution in [2.24, 2.45) is 0 Å². The Morgan fingerprint density at radius 2 is 1.85 bits per heavy atom. The van der Waals surface area contributed by atoms with Crippen LogP contribution in [0.15, 0.2) is 0 Å². The van der Waals surface area contributed by atoms with E-state index in [-0.39, 0.29) is 0 Å². The predicted molar refractivity (Wildman–Crippen MR) is 84.0 cm³/mol. The van der Waals surface area contributed by atoms with Crippen LogP contribution in [-0.2, 0) is 12.8 Å². The van der Waals surface area contributed by atoms with E-state index in [4.69, 9.17) is 0 Å². The lowest BCUT2D eigenvalue weighted by molar-refractivity contribution is 0.0875. The Hall–Kier alpha value is -0.710. The number of rotatable bonds is 3. The SMILES string of the molecule is Cc1sc2c(c1C(=O)CN1CCN(C)CC1)CCCC2. The van der Waals surface area contributed by atoms with Crippen LogP contribution in [-0.4, -0.2) is 55.4 Å². The molecule has 0 spiro atoms. The number of hydrogen-bond donors (Lipinski definition) is 0. The van der Waals surface area contributed by atoms with Gasteiger partial charge < -0.3 is 4.90 Å². The van der Waals surface area contributed by atoms with Crippen molar-refractivity contribution in [1.29, 1.82) is 0 Å². The van der Waals surface area contributed by atoms with Crippen molar-refractivity contribution >= 4 is 17.1 Å². The van der Waals surface area contributed by atoms with E-state index in [0.29, 0.717) is 12.3 Å². The summed E-state index contributed by atoms with van der Waals surface area (Å²) in [6.45, 7) is 6.93. The number of nitrogens with zero attached hydrogens (tertiary/aromatic N) is 2. The third-order valence-corrected chi connectivity index (χ3v) is 5.80. The first-order valence-electron chi connectivity index (χ1n) is 7.70. The summed E-state index contributed by atoms with van der Waals surface area (Å²) < 4.78 is 0. The largest absolute Gasteiger partial charge is 0.304 e. The smallest absolute Gasteiger partial charge is 0.178 e. The molecule has 2 heterocycles. The second kappa shape index (κ2) is 5.96. The maximum absolute atomic E-state index is 12.7. The van der Waals surface area contributed by atoms with E-state index in [1.165, 1.54) is 34.6 Å². The van der Waals surface area contributed by atoms with Crippen molar-refractivity contribution in [1.82, 2.24) is 9.80 Å². The fourth-order valence-corrected chi connectivity index (χ4v) is 4.64. The number of carbonyl (C=O) groups excluding carboxylic acids is 1. The van der Waals surface area contributed by atoms with Gasteiger partial charge in [0.2, 0.25) is 0 Å². The minimum atomic E-state index is 0.353. The Morgan fingerprint density at radius 1 is 1.15 bits per heavy atom. The van der Waals surface area contributed by atoms with Gasteiger partial charge in [-0.2, -0.15) is 0 Å². The monoisotopic (exact) mass is 292 g/mol.